The second-order valence-electron chi connectivity index (χ2n) is 8.27. The van der Waals surface area contributed by atoms with E-state index in [1.807, 2.05) is 60.7 Å². The Bertz CT molecular complexity index is 963. The van der Waals surface area contributed by atoms with E-state index in [1.54, 1.807) is 12.1 Å². The van der Waals surface area contributed by atoms with E-state index in [1.165, 1.54) is 44.9 Å². The molecular weight excluding hydrogens is 476 g/mol. The number of halogens is 1. The molecule has 0 saturated heterocycles. The highest BCUT2D eigenvalue weighted by Crippen LogP contribution is 2.24. The third-order valence-electron chi connectivity index (χ3n) is 5.60. The van der Waals surface area contributed by atoms with E-state index in [0.29, 0.717) is 17.9 Å². The van der Waals surface area contributed by atoms with Crippen molar-refractivity contribution in [2.24, 2.45) is 0 Å². The highest BCUT2D eigenvalue weighted by atomic mass is 79.9. The number of ether oxygens (including phenoxy) is 2. The van der Waals surface area contributed by atoms with Crippen molar-refractivity contribution in [1.29, 1.82) is 0 Å². The summed E-state index contributed by atoms with van der Waals surface area (Å²) in [6.45, 7) is 2.96. The van der Waals surface area contributed by atoms with Crippen LogP contribution in [0.25, 0.3) is 11.1 Å². The Hall–Kier alpha value is -2.59. The van der Waals surface area contributed by atoms with Gasteiger partial charge in [0.2, 0.25) is 0 Å². The number of hydrogen-bond acceptors (Lipinski definition) is 3. The third-order valence-corrected chi connectivity index (χ3v) is 6.13. The number of unbranched alkanes of at least 4 members (excludes halogenated alkanes) is 7. The van der Waals surface area contributed by atoms with Crippen LogP contribution in [0.3, 0.4) is 0 Å². The van der Waals surface area contributed by atoms with Crippen LogP contribution < -0.4 is 9.47 Å². The van der Waals surface area contributed by atoms with Crippen LogP contribution in [0.5, 0.6) is 11.5 Å². The van der Waals surface area contributed by atoms with Crippen molar-refractivity contribution < 1.29 is 14.3 Å². The number of carbonyl (C=O) groups excluding carboxylic acids is 1. The number of carbonyl (C=O) groups is 1. The first kappa shape index (κ1) is 25.0. The van der Waals surface area contributed by atoms with Crippen LogP contribution in [-0.2, 0) is 0 Å². The Morgan fingerprint density at radius 3 is 1.79 bits per heavy atom. The molecule has 0 N–H and O–H groups in total. The standard InChI is InChI=1S/C29H33BrO3/c1-2-3-4-5-6-7-8-9-22-32-27-18-14-25(15-19-27)29(31)33-28-20-12-24(13-21-28)23-10-16-26(30)17-11-23/h10-21H,2-9,22H2,1H3. The Balaban J connectivity index is 1.39. The van der Waals surface area contributed by atoms with E-state index in [-0.39, 0.29) is 5.97 Å². The topological polar surface area (TPSA) is 35.5 Å². The average Bonchev–Trinajstić information content (AvgIpc) is 2.84. The summed E-state index contributed by atoms with van der Waals surface area (Å²) in [5.74, 6) is 0.935. The van der Waals surface area contributed by atoms with Gasteiger partial charge in [0.05, 0.1) is 12.2 Å². The van der Waals surface area contributed by atoms with Crippen molar-refractivity contribution in [3.63, 3.8) is 0 Å². The maximum atomic E-state index is 12.5. The van der Waals surface area contributed by atoms with Crippen LogP contribution in [0.1, 0.15) is 68.6 Å². The summed E-state index contributed by atoms with van der Waals surface area (Å²) in [4.78, 5) is 12.5. The fourth-order valence-corrected chi connectivity index (χ4v) is 3.90. The molecule has 4 heteroatoms. The summed E-state index contributed by atoms with van der Waals surface area (Å²) >= 11 is 3.45. The molecule has 3 rings (SSSR count). The van der Waals surface area contributed by atoms with Gasteiger partial charge in [0.25, 0.3) is 0 Å². The third kappa shape index (κ3) is 8.70. The number of hydrogen-bond donors (Lipinski definition) is 0. The normalized spacial score (nSPS) is 10.7. The molecule has 0 atom stereocenters. The van der Waals surface area contributed by atoms with Crippen LogP contribution in [-0.4, -0.2) is 12.6 Å². The van der Waals surface area contributed by atoms with E-state index >= 15 is 0 Å². The van der Waals surface area contributed by atoms with E-state index in [0.717, 1.165) is 27.8 Å². The average molecular weight is 509 g/mol. The summed E-state index contributed by atoms with van der Waals surface area (Å²) in [5, 5.41) is 0. The highest BCUT2D eigenvalue weighted by molar-refractivity contribution is 9.10. The van der Waals surface area contributed by atoms with Crippen molar-refractivity contribution in [1.82, 2.24) is 0 Å². The quantitative estimate of drug-likeness (QED) is 0.131. The Kier molecular flexibility index (Phi) is 10.5. The fourth-order valence-electron chi connectivity index (χ4n) is 3.64. The lowest BCUT2D eigenvalue weighted by atomic mass is 10.1. The smallest absolute Gasteiger partial charge is 0.343 e. The van der Waals surface area contributed by atoms with E-state index in [4.69, 9.17) is 9.47 Å². The summed E-state index contributed by atoms with van der Waals surface area (Å²) < 4.78 is 12.4. The molecule has 0 heterocycles. The summed E-state index contributed by atoms with van der Waals surface area (Å²) in [6.07, 6.45) is 10.2. The van der Waals surface area contributed by atoms with Crippen molar-refractivity contribution in [2.75, 3.05) is 6.61 Å². The van der Waals surface area contributed by atoms with Crippen LogP contribution in [0.4, 0.5) is 0 Å². The van der Waals surface area contributed by atoms with Crippen LogP contribution >= 0.6 is 15.9 Å². The van der Waals surface area contributed by atoms with Crippen LogP contribution in [0.2, 0.25) is 0 Å². The Labute approximate surface area is 206 Å². The molecule has 0 unspecified atom stereocenters. The first-order valence-electron chi connectivity index (χ1n) is 12.0. The number of esters is 1. The summed E-state index contributed by atoms with van der Waals surface area (Å²) in [6, 6.07) is 22.8. The van der Waals surface area contributed by atoms with Gasteiger partial charge in [-0.1, -0.05) is 92.1 Å². The first-order chi connectivity index (χ1) is 16.2. The molecule has 0 aliphatic carbocycles. The maximum absolute atomic E-state index is 12.5. The minimum Gasteiger partial charge on any atom is -0.494 e. The lowest BCUT2D eigenvalue weighted by molar-refractivity contribution is 0.0734. The first-order valence-corrected chi connectivity index (χ1v) is 12.8. The molecule has 0 aliphatic rings. The van der Waals surface area contributed by atoms with Crippen LogP contribution in [0.15, 0.2) is 77.3 Å². The molecule has 0 aromatic heterocycles. The highest BCUT2D eigenvalue weighted by Gasteiger charge is 2.09. The monoisotopic (exact) mass is 508 g/mol. The predicted octanol–water partition coefficient (Wildman–Crippen LogP) is 8.85. The van der Waals surface area contributed by atoms with Crippen molar-refractivity contribution in [2.45, 2.75) is 58.3 Å². The molecule has 33 heavy (non-hydrogen) atoms. The van der Waals surface area contributed by atoms with Gasteiger partial charge < -0.3 is 9.47 Å². The van der Waals surface area contributed by atoms with E-state index in [2.05, 4.69) is 22.9 Å². The SMILES string of the molecule is CCCCCCCCCCOc1ccc(C(=O)Oc2ccc(-c3ccc(Br)cc3)cc2)cc1. The molecule has 3 aromatic rings. The summed E-state index contributed by atoms with van der Waals surface area (Å²) in [5.41, 5.74) is 2.69. The molecule has 0 amide bonds. The minimum atomic E-state index is -0.374. The molecule has 0 aliphatic heterocycles. The Morgan fingerprint density at radius 1 is 0.667 bits per heavy atom. The van der Waals surface area contributed by atoms with Gasteiger partial charge in [-0.25, -0.2) is 4.79 Å². The zero-order chi connectivity index (χ0) is 23.3. The molecule has 3 nitrogen and oxygen atoms in total. The molecule has 0 fully saturated rings. The van der Waals surface area contributed by atoms with E-state index in [9.17, 15) is 4.79 Å². The minimum absolute atomic E-state index is 0.374. The zero-order valence-electron chi connectivity index (χ0n) is 19.4. The zero-order valence-corrected chi connectivity index (χ0v) is 21.0. The molecule has 0 bridgehead atoms. The lowest BCUT2D eigenvalue weighted by Crippen LogP contribution is -2.08. The molecule has 3 aromatic carbocycles. The Morgan fingerprint density at radius 2 is 1.18 bits per heavy atom. The molecule has 174 valence electrons. The van der Waals surface area contributed by atoms with Gasteiger partial charge in [0, 0.05) is 4.47 Å². The van der Waals surface area contributed by atoms with Gasteiger partial charge in [0.15, 0.2) is 0 Å². The molecule has 0 radical (unpaired) electrons. The van der Waals surface area contributed by atoms with Gasteiger partial charge in [-0.15, -0.1) is 0 Å². The van der Waals surface area contributed by atoms with Gasteiger partial charge in [-0.2, -0.15) is 0 Å². The second kappa shape index (κ2) is 13.8. The van der Waals surface area contributed by atoms with Crippen molar-refractivity contribution in [3.05, 3.63) is 82.8 Å². The fraction of sp³-hybridized carbons (Fsp3) is 0.345. The molecule has 0 saturated carbocycles. The maximum Gasteiger partial charge on any atom is 0.343 e. The van der Waals surface area contributed by atoms with Crippen molar-refractivity contribution >= 4 is 21.9 Å². The molecule has 0 spiro atoms. The predicted molar refractivity (Wildman–Crippen MR) is 139 cm³/mol. The van der Waals surface area contributed by atoms with Gasteiger partial charge in [-0.05, 0) is 66.1 Å². The second-order valence-corrected chi connectivity index (χ2v) is 9.18. The lowest BCUT2D eigenvalue weighted by Gasteiger charge is -2.08. The van der Waals surface area contributed by atoms with Gasteiger partial charge in [0.1, 0.15) is 11.5 Å². The van der Waals surface area contributed by atoms with Gasteiger partial charge in [-0.3, -0.25) is 0 Å². The van der Waals surface area contributed by atoms with Crippen molar-refractivity contribution in [3.8, 4) is 22.6 Å². The number of rotatable bonds is 13. The van der Waals surface area contributed by atoms with Crippen LogP contribution in [0, 0.1) is 0 Å². The largest absolute Gasteiger partial charge is 0.494 e. The number of benzene rings is 3. The molecular formula is C29H33BrO3. The summed E-state index contributed by atoms with van der Waals surface area (Å²) in [7, 11) is 0. The van der Waals surface area contributed by atoms with Gasteiger partial charge >= 0.3 is 5.97 Å². The van der Waals surface area contributed by atoms with E-state index < -0.39 is 0 Å².